The SMILES string of the molecule is O=C(NCc1ccncc1)[C@H]1[C@H]2C=C[C@@]3(CN(c4ccc5c(c4)OCO5)C(=O)[C@@H]13)O2. The summed E-state index contributed by atoms with van der Waals surface area (Å²) >= 11 is 0. The summed E-state index contributed by atoms with van der Waals surface area (Å²) in [5.74, 6) is -0.103. The van der Waals surface area contributed by atoms with E-state index in [1.165, 1.54) is 0 Å². The van der Waals surface area contributed by atoms with Crippen LogP contribution in [0.25, 0.3) is 0 Å². The van der Waals surface area contributed by atoms with Crippen LogP contribution >= 0.6 is 0 Å². The fourth-order valence-electron chi connectivity index (χ4n) is 4.88. The Labute approximate surface area is 172 Å². The van der Waals surface area contributed by atoms with Crippen molar-refractivity contribution in [1.82, 2.24) is 10.3 Å². The first-order chi connectivity index (χ1) is 14.6. The summed E-state index contributed by atoms with van der Waals surface area (Å²) in [4.78, 5) is 32.1. The lowest BCUT2D eigenvalue weighted by molar-refractivity contribution is -0.132. The minimum atomic E-state index is -0.767. The molecule has 152 valence electrons. The first kappa shape index (κ1) is 17.5. The highest BCUT2D eigenvalue weighted by Gasteiger charge is 2.67. The first-order valence-electron chi connectivity index (χ1n) is 9.89. The summed E-state index contributed by atoms with van der Waals surface area (Å²) < 4.78 is 17.0. The van der Waals surface area contributed by atoms with E-state index in [0.717, 1.165) is 5.56 Å². The van der Waals surface area contributed by atoms with E-state index in [1.807, 2.05) is 30.4 Å². The van der Waals surface area contributed by atoms with Crippen molar-refractivity contribution in [3.63, 3.8) is 0 Å². The molecule has 0 saturated carbocycles. The average Bonchev–Trinajstić information content (AvgIpc) is 3.53. The summed E-state index contributed by atoms with van der Waals surface area (Å²) in [5.41, 5.74) is 0.897. The van der Waals surface area contributed by atoms with E-state index in [0.29, 0.717) is 30.3 Å². The number of aromatic nitrogens is 1. The van der Waals surface area contributed by atoms with Gasteiger partial charge in [-0.25, -0.2) is 0 Å². The number of ether oxygens (including phenoxy) is 3. The highest BCUT2D eigenvalue weighted by atomic mass is 16.7. The number of carbonyl (C=O) groups is 2. The van der Waals surface area contributed by atoms with Crippen molar-refractivity contribution < 1.29 is 23.8 Å². The third-order valence-corrected chi connectivity index (χ3v) is 6.29. The van der Waals surface area contributed by atoms with Crippen molar-refractivity contribution in [2.45, 2.75) is 18.2 Å². The molecular formula is C22H19N3O5. The summed E-state index contributed by atoms with van der Waals surface area (Å²) in [6.07, 6.45) is 6.84. The molecule has 2 fully saturated rings. The maximum absolute atomic E-state index is 13.4. The molecule has 2 aromatic rings. The van der Waals surface area contributed by atoms with E-state index in [1.54, 1.807) is 29.4 Å². The third-order valence-electron chi connectivity index (χ3n) is 6.29. The molecule has 1 aromatic carbocycles. The van der Waals surface area contributed by atoms with Crippen LogP contribution in [-0.2, 0) is 20.9 Å². The average molecular weight is 405 g/mol. The number of fused-ring (bicyclic) bond motifs is 2. The maximum atomic E-state index is 13.4. The van der Waals surface area contributed by atoms with Gasteiger partial charge in [-0.05, 0) is 29.8 Å². The summed E-state index contributed by atoms with van der Waals surface area (Å²) in [6.45, 7) is 0.928. The van der Waals surface area contributed by atoms with Crippen molar-refractivity contribution in [1.29, 1.82) is 0 Å². The van der Waals surface area contributed by atoms with Crippen molar-refractivity contribution in [2.75, 3.05) is 18.2 Å². The number of hydrogen-bond donors (Lipinski definition) is 1. The summed E-state index contributed by atoms with van der Waals surface area (Å²) in [5, 5.41) is 2.96. The Hall–Kier alpha value is -3.39. The largest absolute Gasteiger partial charge is 0.454 e. The van der Waals surface area contributed by atoms with E-state index in [9.17, 15) is 9.59 Å². The Bertz CT molecular complexity index is 1070. The maximum Gasteiger partial charge on any atom is 0.234 e. The van der Waals surface area contributed by atoms with Gasteiger partial charge in [0.25, 0.3) is 0 Å². The Kier molecular flexibility index (Phi) is 3.67. The topological polar surface area (TPSA) is 90.0 Å². The van der Waals surface area contributed by atoms with Crippen LogP contribution in [-0.4, -0.2) is 41.8 Å². The second-order valence-corrected chi connectivity index (χ2v) is 7.94. The molecule has 4 aliphatic heterocycles. The Balaban J connectivity index is 1.25. The fourth-order valence-corrected chi connectivity index (χ4v) is 4.88. The standard InChI is InChI=1S/C22H19N3O5/c26-20(24-10-13-4-7-23-8-5-13)18-16-3-6-22(30-16)11-25(21(27)19(18)22)14-1-2-15-17(9-14)29-12-28-15/h1-9,16,18-19H,10-12H2,(H,24,26)/t16-,18+,19-,22+/m1/s1. The predicted octanol–water partition coefficient (Wildman–Crippen LogP) is 1.41. The summed E-state index contributed by atoms with van der Waals surface area (Å²) in [6, 6.07) is 9.12. The lowest BCUT2D eigenvalue weighted by Gasteiger charge is -2.23. The monoisotopic (exact) mass is 405 g/mol. The number of nitrogens with one attached hydrogen (secondary N) is 1. The Morgan fingerprint density at radius 2 is 2.03 bits per heavy atom. The van der Waals surface area contributed by atoms with Crippen LogP contribution in [0.15, 0.2) is 54.9 Å². The third kappa shape index (κ3) is 2.46. The van der Waals surface area contributed by atoms with Gasteiger partial charge in [0.2, 0.25) is 18.6 Å². The van der Waals surface area contributed by atoms with Crippen LogP contribution in [0.4, 0.5) is 5.69 Å². The number of hydrogen-bond acceptors (Lipinski definition) is 6. The molecule has 8 heteroatoms. The normalized spacial score (nSPS) is 30.1. The fraction of sp³-hybridized carbons (Fsp3) is 0.318. The van der Waals surface area contributed by atoms with Crippen molar-refractivity contribution in [2.24, 2.45) is 11.8 Å². The van der Waals surface area contributed by atoms with Crippen LogP contribution in [0, 0.1) is 11.8 Å². The Morgan fingerprint density at radius 1 is 1.20 bits per heavy atom. The number of carbonyl (C=O) groups excluding carboxylic acids is 2. The van der Waals surface area contributed by atoms with Gasteiger partial charge in [-0.3, -0.25) is 14.6 Å². The van der Waals surface area contributed by atoms with Gasteiger partial charge in [0.15, 0.2) is 11.5 Å². The highest BCUT2D eigenvalue weighted by Crippen LogP contribution is 2.53. The van der Waals surface area contributed by atoms with E-state index in [4.69, 9.17) is 14.2 Å². The molecule has 1 aromatic heterocycles. The minimum absolute atomic E-state index is 0.107. The number of anilines is 1. The van der Waals surface area contributed by atoms with Gasteiger partial charge in [-0.15, -0.1) is 0 Å². The number of amides is 2. The van der Waals surface area contributed by atoms with Crippen LogP contribution in [0.3, 0.4) is 0 Å². The molecule has 2 amide bonds. The molecule has 1 spiro atoms. The van der Waals surface area contributed by atoms with E-state index in [2.05, 4.69) is 10.3 Å². The van der Waals surface area contributed by atoms with Gasteiger partial charge in [-0.1, -0.05) is 12.2 Å². The van der Waals surface area contributed by atoms with Gasteiger partial charge >= 0.3 is 0 Å². The van der Waals surface area contributed by atoms with Crippen molar-refractivity contribution in [3.05, 3.63) is 60.4 Å². The van der Waals surface area contributed by atoms with E-state index >= 15 is 0 Å². The smallest absolute Gasteiger partial charge is 0.234 e. The van der Waals surface area contributed by atoms with E-state index in [-0.39, 0.29) is 24.7 Å². The van der Waals surface area contributed by atoms with E-state index < -0.39 is 17.4 Å². The van der Waals surface area contributed by atoms with Crippen molar-refractivity contribution in [3.8, 4) is 11.5 Å². The second kappa shape index (κ2) is 6.30. The molecule has 0 radical (unpaired) electrons. The van der Waals surface area contributed by atoms with Gasteiger partial charge in [0.05, 0.1) is 24.5 Å². The zero-order valence-corrected chi connectivity index (χ0v) is 16.0. The number of rotatable bonds is 4. The zero-order valence-electron chi connectivity index (χ0n) is 16.0. The van der Waals surface area contributed by atoms with Gasteiger partial charge in [-0.2, -0.15) is 0 Å². The lowest BCUT2D eigenvalue weighted by atomic mass is 9.77. The zero-order chi connectivity index (χ0) is 20.3. The molecule has 0 unspecified atom stereocenters. The molecule has 2 bridgehead atoms. The second-order valence-electron chi connectivity index (χ2n) is 7.94. The van der Waals surface area contributed by atoms with Crippen LogP contribution < -0.4 is 19.7 Å². The lowest BCUT2D eigenvalue weighted by Crippen LogP contribution is -2.43. The van der Waals surface area contributed by atoms with Crippen molar-refractivity contribution >= 4 is 17.5 Å². The molecule has 6 rings (SSSR count). The van der Waals surface area contributed by atoms with Gasteiger partial charge in [0.1, 0.15) is 5.60 Å². The molecule has 8 nitrogen and oxygen atoms in total. The quantitative estimate of drug-likeness (QED) is 0.774. The van der Waals surface area contributed by atoms with Crippen LogP contribution in [0.1, 0.15) is 5.56 Å². The van der Waals surface area contributed by atoms with Crippen LogP contribution in [0.2, 0.25) is 0 Å². The number of nitrogens with zero attached hydrogens (tertiary/aromatic N) is 2. The van der Waals surface area contributed by atoms with Gasteiger partial charge in [0, 0.05) is 30.7 Å². The first-order valence-corrected chi connectivity index (χ1v) is 9.89. The molecule has 0 aliphatic carbocycles. The van der Waals surface area contributed by atoms with Gasteiger partial charge < -0.3 is 24.4 Å². The number of benzene rings is 1. The summed E-state index contributed by atoms with van der Waals surface area (Å²) in [7, 11) is 0. The predicted molar refractivity (Wildman–Crippen MR) is 105 cm³/mol. The molecule has 2 saturated heterocycles. The Morgan fingerprint density at radius 3 is 2.90 bits per heavy atom. The highest BCUT2D eigenvalue weighted by molar-refractivity contribution is 6.03. The number of pyridine rings is 1. The molecular weight excluding hydrogens is 386 g/mol. The molecule has 4 atom stereocenters. The molecule has 4 aliphatic rings. The molecule has 1 N–H and O–H groups in total. The van der Waals surface area contributed by atoms with Crippen LogP contribution in [0.5, 0.6) is 11.5 Å². The molecule has 5 heterocycles. The molecule has 30 heavy (non-hydrogen) atoms. The minimum Gasteiger partial charge on any atom is -0.454 e.